The van der Waals surface area contributed by atoms with Crippen LogP contribution in [0, 0.1) is 0 Å². The maximum absolute atomic E-state index is 12.2. The number of halogens is 1. The molecule has 0 saturated heterocycles. The first kappa shape index (κ1) is 18.5. The van der Waals surface area contributed by atoms with Crippen molar-refractivity contribution in [3.05, 3.63) is 39.7 Å². The van der Waals surface area contributed by atoms with E-state index in [1.54, 1.807) is 35.6 Å². The highest BCUT2D eigenvalue weighted by molar-refractivity contribution is 7.99. The quantitative estimate of drug-likeness (QED) is 0.496. The lowest BCUT2D eigenvalue weighted by Gasteiger charge is -2.22. The van der Waals surface area contributed by atoms with Crippen molar-refractivity contribution >= 4 is 62.3 Å². The normalized spacial score (nSPS) is 14.3. The number of carbonyl (C=O) groups is 1. The molecule has 0 fully saturated rings. The standard InChI is InChI=1S/C18H18ClN5OS2/c1-24-6-5-12-13(8-24)27-17-15(12)16(20)22-18(23-17)26-9-14(25)21-11-4-2-3-10(19)7-11/h2-4,7H,5-6,8-9H2,1H3,(H,21,25)(H2,20,22,23). The van der Waals surface area contributed by atoms with Crippen LogP contribution in [0.3, 0.4) is 0 Å². The Morgan fingerprint density at radius 1 is 1.44 bits per heavy atom. The molecule has 2 aromatic heterocycles. The first-order valence-electron chi connectivity index (χ1n) is 8.44. The summed E-state index contributed by atoms with van der Waals surface area (Å²) in [5.41, 5.74) is 8.16. The van der Waals surface area contributed by atoms with Crippen LogP contribution in [0.4, 0.5) is 11.5 Å². The van der Waals surface area contributed by atoms with Gasteiger partial charge in [0.15, 0.2) is 5.16 Å². The SMILES string of the molecule is CN1CCc2c(sc3nc(SCC(=O)Nc4cccc(Cl)c4)nc(N)c23)C1. The molecule has 0 spiro atoms. The minimum atomic E-state index is -0.142. The Balaban J connectivity index is 1.48. The number of hydrogen-bond acceptors (Lipinski definition) is 7. The van der Waals surface area contributed by atoms with E-state index in [0.29, 0.717) is 21.7 Å². The number of fused-ring (bicyclic) bond motifs is 3. The lowest BCUT2D eigenvalue weighted by Crippen LogP contribution is -2.25. The van der Waals surface area contributed by atoms with Crippen LogP contribution in [0.1, 0.15) is 10.4 Å². The van der Waals surface area contributed by atoms with E-state index < -0.39 is 0 Å². The van der Waals surface area contributed by atoms with E-state index >= 15 is 0 Å². The second kappa shape index (κ2) is 7.63. The summed E-state index contributed by atoms with van der Waals surface area (Å²) in [5.74, 6) is 0.558. The first-order valence-corrected chi connectivity index (χ1v) is 10.6. The molecule has 27 heavy (non-hydrogen) atoms. The zero-order valence-corrected chi connectivity index (χ0v) is 17.0. The second-order valence-corrected chi connectivity index (χ2v) is 8.87. The van der Waals surface area contributed by atoms with Gasteiger partial charge in [0.25, 0.3) is 0 Å². The summed E-state index contributed by atoms with van der Waals surface area (Å²) < 4.78 is 0. The minimum Gasteiger partial charge on any atom is -0.383 e. The van der Waals surface area contributed by atoms with Gasteiger partial charge in [-0.05, 0) is 37.2 Å². The van der Waals surface area contributed by atoms with Crippen molar-refractivity contribution in [1.82, 2.24) is 14.9 Å². The van der Waals surface area contributed by atoms with Gasteiger partial charge in [0.2, 0.25) is 5.91 Å². The largest absolute Gasteiger partial charge is 0.383 e. The van der Waals surface area contributed by atoms with Gasteiger partial charge in [-0.15, -0.1) is 11.3 Å². The maximum Gasteiger partial charge on any atom is 0.234 e. The van der Waals surface area contributed by atoms with Gasteiger partial charge >= 0.3 is 0 Å². The topological polar surface area (TPSA) is 84.1 Å². The van der Waals surface area contributed by atoms with Gasteiger partial charge in [0.05, 0.1) is 11.1 Å². The molecule has 0 aliphatic carbocycles. The van der Waals surface area contributed by atoms with Crippen molar-refractivity contribution in [2.45, 2.75) is 18.1 Å². The lowest BCUT2D eigenvalue weighted by molar-refractivity contribution is -0.113. The molecule has 1 aliphatic rings. The van der Waals surface area contributed by atoms with E-state index in [0.717, 1.165) is 29.7 Å². The van der Waals surface area contributed by atoms with Crippen molar-refractivity contribution < 1.29 is 4.79 Å². The number of thioether (sulfide) groups is 1. The third-order valence-corrected chi connectivity index (χ3v) is 6.53. The summed E-state index contributed by atoms with van der Waals surface area (Å²) >= 11 is 8.88. The predicted octanol–water partition coefficient (Wildman–Crippen LogP) is 3.65. The summed E-state index contributed by atoms with van der Waals surface area (Å²) in [5, 5.41) is 4.90. The lowest BCUT2D eigenvalue weighted by atomic mass is 10.1. The highest BCUT2D eigenvalue weighted by Gasteiger charge is 2.22. The zero-order valence-electron chi connectivity index (χ0n) is 14.7. The number of likely N-dealkylation sites (N-methyl/N-ethyl adjacent to an activating group) is 1. The molecule has 3 N–H and O–H groups in total. The summed E-state index contributed by atoms with van der Waals surface area (Å²) in [4.78, 5) is 25.7. The van der Waals surface area contributed by atoms with Gasteiger partial charge in [-0.25, -0.2) is 9.97 Å². The van der Waals surface area contributed by atoms with Crippen LogP contribution in [0.25, 0.3) is 10.2 Å². The Morgan fingerprint density at radius 3 is 3.11 bits per heavy atom. The van der Waals surface area contributed by atoms with E-state index in [2.05, 4.69) is 27.2 Å². The number of hydrogen-bond donors (Lipinski definition) is 2. The second-order valence-electron chi connectivity index (χ2n) is 6.41. The summed E-state index contributed by atoms with van der Waals surface area (Å²) in [6.07, 6.45) is 0.966. The van der Waals surface area contributed by atoms with E-state index in [1.807, 2.05) is 0 Å². The van der Waals surface area contributed by atoms with Gasteiger partial charge in [-0.3, -0.25) is 4.79 Å². The molecule has 6 nitrogen and oxygen atoms in total. The molecule has 1 aliphatic heterocycles. The van der Waals surface area contributed by atoms with Crippen molar-refractivity contribution in [1.29, 1.82) is 0 Å². The molecule has 0 saturated carbocycles. The maximum atomic E-state index is 12.2. The van der Waals surface area contributed by atoms with E-state index in [9.17, 15) is 4.79 Å². The van der Waals surface area contributed by atoms with Crippen molar-refractivity contribution in [3.8, 4) is 0 Å². The molecule has 3 heterocycles. The smallest absolute Gasteiger partial charge is 0.234 e. The monoisotopic (exact) mass is 419 g/mol. The number of nitrogens with zero attached hydrogens (tertiary/aromatic N) is 3. The van der Waals surface area contributed by atoms with Crippen LogP contribution >= 0.6 is 34.7 Å². The fourth-order valence-corrected chi connectivity index (χ4v) is 5.30. The Kier molecular flexibility index (Phi) is 5.23. The van der Waals surface area contributed by atoms with Crippen LogP contribution in [0.15, 0.2) is 29.4 Å². The van der Waals surface area contributed by atoms with Crippen molar-refractivity contribution in [3.63, 3.8) is 0 Å². The number of anilines is 2. The highest BCUT2D eigenvalue weighted by atomic mass is 35.5. The molecule has 0 unspecified atom stereocenters. The number of thiophene rings is 1. The molecule has 0 bridgehead atoms. The van der Waals surface area contributed by atoms with Crippen LogP contribution in [0.2, 0.25) is 5.02 Å². The molecule has 0 radical (unpaired) electrons. The molecule has 0 atom stereocenters. The number of rotatable bonds is 4. The Labute approximate surface area is 170 Å². The molecule has 9 heteroatoms. The van der Waals surface area contributed by atoms with Gasteiger partial charge in [0, 0.05) is 28.7 Å². The van der Waals surface area contributed by atoms with E-state index in [-0.39, 0.29) is 11.7 Å². The number of nitrogens with two attached hydrogens (primary N) is 1. The third-order valence-electron chi connectivity index (χ3n) is 4.34. The fraction of sp³-hybridized carbons (Fsp3) is 0.278. The van der Waals surface area contributed by atoms with Crippen LogP contribution in [-0.4, -0.2) is 40.1 Å². The van der Waals surface area contributed by atoms with Gasteiger partial charge in [-0.2, -0.15) is 0 Å². The number of aromatic nitrogens is 2. The Bertz CT molecular complexity index is 1020. The summed E-state index contributed by atoms with van der Waals surface area (Å²) in [6, 6.07) is 7.05. The van der Waals surface area contributed by atoms with Crippen LogP contribution in [0.5, 0.6) is 0 Å². The van der Waals surface area contributed by atoms with Crippen molar-refractivity contribution in [2.24, 2.45) is 0 Å². The molecule has 140 valence electrons. The van der Waals surface area contributed by atoms with Crippen LogP contribution in [-0.2, 0) is 17.8 Å². The molecule has 3 aromatic rings. The minimum absolute atomic E-state index is 0.142. The van der Waals surface area contributed by atoms with Gasteiger partial charge < -0.3 is 16.0 Å². The molecular formula is C18H18ClN5OS2. The molecule has 1 aromatic carbocycles. The highest BCUT2D eigenvalue weighted by Crippen LogP contribution is 2.37. The number of benzene rings is 1. The average Bonchev–Trinajstić information content (AvgIpc) is 2.97. The summed E-state index contributed by atoms with van der Waals surface area (Å²) in [7, 11) is 2.11. The molecule has 1 amide bonds. The fourth-order valence-electron chi connectivity index (χ4n) is 3.09. The molecular weight excluding hydrogens is 402 g/mol. The number of nitrogens with one attached hydrogen (secondary N) is 1. The van der Waals surface area contributed by atoms with Gasteiger partial charge in [0.1, 0.15) is 10.6 Å². The first-order chi connectivity index (χ1) is 13.0. The number of nitrogen functional groups attached to an aromatic ring is 1. The van der Waals surface area contributed by atoms with Gasteiger partial charge in [-0.1, -0.05) is 29.4 Å². The molecule has 4 rings (SSSR count). The van der Waals surface area contributed by atoms with Crippen LogP contribution < -0.4 is 11.1 Å². The van der Waals surface area contributed by atoms with E-state index in [1.165, 1.54) is 22.2 Å². The van der Waals surface area contributed by atoms with E-state index in [4.69, 9.17) is 17.3 Å². The Hall–Kier alpha value is -1.87. The Morgan fingerprint density at radius 2 is 2.30 bits per heavy atom. The summed E-state index contributed by atoms with van der Waals surface area (Å²) in [6.45, 7) is 1.93. The van der Waals surface area contributed by atoms with Crippen molar-refractivity contribution in [2.75, 3.05) is 30.4 Å². The number of amides is 1. The predicted molar refractivity (Wildman–Crippen MR) is 113 cm³/mol. The average molecular weight is 420 g/mol. The number of carbonyl (C=O) groups excluding carboxylic acids is 1. The third kappa shape index (κ3) is 4.03. The zero-order chi connectivity index (χ0) is 19.0.